The van der Waals surface area contributed by atoms with Crippen LogP contribution in [0.25, 0.3) is 0 Å². The van der Waals surface area contributed by atoms with Crippen molar-refractivity contribution in [1.82, 2.24) is 26.4 Å². The Balaban J connectivity index is 2.83. The molecule has 1 aliphatic rings. The van der Waals surface area contributed by atoms with Crippen molar-refractivity contribution in [3.8, 4) is 0 Å². The summed E-state index contributed by atoms with van der Waals surface area (Å²) in [4.78, 5) is 2.99. The van der Waals surface area contributed by atoms with E-state index in [1.54, 1.807) is 5.23 Å². The lowest BCUT2D eigenvalue weighted by Crippen LogP contribution is -2.63. The van der Waals surface area contributed by atoms with Gasteiger partial charge >= 0.3 is 0 Å². The van der Waals surface area contributed by atoms with Crippen LogP contribution < -0.4 is 16.3 Å². The fourth-order valence-corrected chi connectivity index (χ4v) is 2.25. The van der Waals surface area contributed by atoms with Crippen LogP contribution >= 0.6 is 12.2 Å². The highest BCUT2D eigenvalue weighted by Crippen LogP contribution is 2.13. The van der Waals surface area contributed by atoms with Crippen LogP contribution in [0.3, 0.4) is 0 Å². The van der Waals surface area contributed by atoms with Crippen molar-refractivity contribution in [2.24, 2.45) is 0 Å². The molecular formula is C12H25N5S. The van der Waals surface area contributed by atoms with E-state index < -0.39 is 0 Å². The first-order valence-electron chi connectivity index (χ1n) is 6.45. The van der Waals surface area contributed by atoms with E-state index in [-0.39, 0.29) is 0 Å². The Kier molecular flexibility index (Phi) is 5.37. The monoisotopic (exact) mass is 271 g/mol. The second-order valence-electron chi connectivity index (χ2n) is 5.33. The number of nitrogens with one attached hydrogen (secondary N) is 3. The first-order valence-corrected chi connectivity index (χ1v) is 6.85. The number of hydrogen-bond donors (Lipinski definition) is 3. The quantitative estimate of drug-likeness (QED) is 0.659. The molecule has 0 atom stereocenters. The third kappa shape index (κ3) is 4.12. The summed E-state index contributed by atoms with van der Waals surface area (Å²) < 4.78 is 0. The van der Waals surface area contributed by atoms with Gasteiger partial charge in [-0.3, -0.25) is 10.9 Å². The molecule has 104 valence electrons. The number of thiocarbonyl (C=S) groups is 1. The summed E-state index contributed by atoms with van der Waals surface area (Å²) in [6.07, 6.45) is 1.95. The molecule has 3 N–H and O–H groups in total. The van der Waals surface area contributed by atoms with Crippen molar-refractivity contribution in [2.45, 2.75) is 59.7 Å². The predicted octanol–water partition coefficient (Wildman–Crippen LogP) is 1.51. The van der Waals surface area contributed by atoms with Crippen LogP contribution in [-0.2, 0) is 0 Å². The topological polar surface area (TPSA) is 42.6 Å². The van der Waals surface area contributed by atoms with Crippen molar-refractivity contribution >= 4 is 17.2 Å². The molecule has 1 aliphatic heterocycles. The van der Waals surface area contributed by atoms with Crippen molar-refractivity contribution in [3.05, 3.63) is 11.9 Å². The Bertz CT molecular complexity index is 316. The van der Waals surface area contributed by atoms with Gasteiger partial charge in [0.15, 0.2) is 0 Å². The van der Waals surface area contributed by atoms with Gasteiger partial charge < -0.3 is 4.90 Å². The van der Waals surface area contributed by atoms with E-state index in [0.717, 1.165) is 5.82 Å². The number of nitrogens with zero attached hydrogens (tertiary/aromatic N) is 2. The highest BCUT2D eigenvalue weighted by atomic mass is 32.1. The van der Waals surface area contributed by atoms with Crippen LogP contribution in [0, 0.1) is 0 Å². The summed E-state index contributed by atoms with van der Waals surface area (Å²) in [5.74, 6) is 1.01. The summed E-state index contributed by atoms with van der Waals surface area (Å²) in [6, 6.07) is 1.13. The molecular weight excluding hydrogens is 246 g/mol. The van der Waals surface area contributed by atoms with E-state index in [1.807, 2.05) is 6.08 Å². The molecule has 0 saturated carbocycles. The largest absolute Gasteiger partial charge is 0.352 e. The fraction of sp³-hybridized carbons (Fsp3) is 0.750. The average Bonchev–Trinajstić information content (AvgIpc) is 2.13. The third-order valence-corrected chi connectivity index (χ3v) is 2.70. The molecule has 1 heterocycles. The smallest absolute Gasteiger partial charge is 0.122 e. The number of hydrazine groups is 3. The van der Waals surface area contributed by atoms with Crippen LogP contribution in [0.2, 0.25) is 0 Å². The molecule has 0 aromatic rings. The molecule has 0 aromatic heterocycles. The summed E-state index contributed by atoms with van der Waals surface area (Å²) >= 11 is 5.27. The van der Waals surface area contributed by atoms with Gasteiger partial charge in [-0.05, 0) is 41.5 Å². The molecule has 18 heavy (non-hydrogen) atoms. The maximum atomic E-state index is 5.27. The Morgan fingerprint density at radius 3 is 2.11 bits per heavy atom. The van der Waals surface area contributed by atoms with Crippen LogP contribution in [0.5, 0.6) is 0 Å². The first-order chi connectivity index (χ1) is 8.31. The predicted molar refractivity (Wildman–Crippen MR) is 79.2 cm³/mol. The van der Waals surface area contributed by atoms with Gasteiger partial charge in [0.2, 0.25) is 0 Å². The van der Waals surface area contributed by atoms with Gasteiger partial charge in [-0.2, -0.15) is 0 Å². The molecule has 0 bridgehead atoms. The zero-order chi connectivity index (χ0) is 13.9. The standard InChI is InChI=1S/C12H25N5S/c1-8(2)13-17-14-11(7-12(18)15-17)16(9(3)4)10(5)6/h7-10,13-14H,1-6H3,(H,15,18). The van der Waals surface area contributed by atoms with Gasteiger partial charge in [-0.15, -0.1) is 0 Å². The lowest BCUT2D eigenvalue weighted by atomic mass is 10.2. The number of hydrogen-bond acceptors (Lipinski definition) is 5. The normalized spacial score (nSPS) is 16.9. The van der Waals surface area contributed by atoms with Gasteiger partial charge in [0, 0.05) is 24.2 Å². The van der Waals surface area contributed by atoms with Crippen LogP contribution in [0.1, 0.15) is 41.5 Å². The minimum atomic E-state index is 0.318. The maximum absolute atomic E-state index is 5.27. The molecule has 5 nitrogen and oxygen atoms in total. The Morgan fingerprint density at radius 2 is 1.67 bits per heavy atom. The highest BCUT2D eigenvalue weighted by molar-refractivity contribution is 7.80. The van der Waals surface area contributed by atoms with E-state index in [9.17, 15) is 0 Å². The second-order valence-corrected chi connectivity index (χ2v) is 5.77. The SMILES string of the molecule is CC(C)NN1NC(=S)C=C(N(C(C)C)C(C)C)N1. The number of rotatable bonds is 5. The molecule has 0 spiro atoms. The van der Waals surface area contributed by atoms with E-state index >= 15 is 0 Å². The Labute approximate surface area is 115 Å². The van der Waals surface area contributed by atoms with Crippen molar-refractivity contribution in [3.63, 3.8) is 0 Å². The molecule has 0 unspecified atom stereocenters. The van der Waals surface area contributed by atoms with Crippen LogP contribution in [0.4, 0.5) is 0 Å². The van der Waals surface area contributed by atoms with E-state index in [4.69, 9.17) is 12.2 Å². The van der Waals surface area contributed by atoms with Gasteiger partial charge in [0.25, 0.3) is 0 Å². The van der Waals surface area contributed by atoms with Crippen LogP contribution in [0.15, 0.2) is 11.9 Å². The fourth-order valence-electron chi connectivity index (χ4n) is 2.05. The van der Waals surface area contributed by atoms with E-state index in [0.29, 0.717) is 23.1 Å². The molecule has 0 aliphatic carbocycles. The molecule has 0 radical (unpaired) electrons. The minimum absolute atomic E-state index is 0.318. The van der Waals surface area contributed by atoms with E-state index in [1.165, 1.54) is 0 Å². The highest BCUT2D eigenvalue weighted by Gasteiger charge is 2.22. The zero-order valence-corrected chi connectivity index (χ0v) is 12.9. The third-order valence-electron chi connectivity index (χ3n) is 2.49. The van der Waals surface area contributed by atoms with Crippen LogP contribution in [-0.4, -0.2) is 33.2 Å². The Morgan fingerprint density at radius 1 is 1.11 bits per heavy atom. The minimum Gasteiger partial charge on any atom is -0.352 e. The summed E-state index contributed by atoms with van der Waals surface area (Å²) in [7, 11) is 0. The molecule has 0 amide bonds. The molecule has 1 rings (SSSR count). The second kappa shape index (κ2) is 6.36. The Hall–Kier alpha value is -0.850. The lowest BCUT2D eigenvalue weighted by molar-refractivity contribution is 0.0491. The van der Waals surface area contributed by atoms with E-state index in [2.05, 4.69) is 62.7 Å². The summed E-state index contributed by atoms with van der Waals surface area (Å²) in [6.45, 7) is 12.9. The molecule has 6 heteroatoms. The zero-order valence-electron chi connectivity index (χ0n) is 12.1. The molecule has 0 fully saturated rings. The summed E-state index contributed by atoms with van der Waals surface area (Å²) in [5, 5.41) is 1.72. The summed E-state index contributed by atoms with van der Waals surface area (Å²) in [5.41, 5.74) is 9.57. The first kappa shape index (κ1) is 15.2. The molecule has 0 saturated heterocycles. The van der Waals surface area contributed by atoms with Gasteiger partial charge in [0.05, 0.1) is 0 Å². The maximum Gasteiger partial charge on any atom is 0.122 e. The van der Waals surface area contributed by atoms with Gasteiger partial charge in [0.1, 0.15) is 10.8 Å². The van der Waals surface area contributed by atoms with Crippen molar-refractivity contribution in [1.29, 1.82) is 0 Å². The average molecular weight is 271 g/mol. The van der Waals surface area contributed by atoms with Gasteiger partial charge in [-0.25, -0.2) is 5.43 Å². The van der Waals surface area contributed by atoms with Crippen molar-refractivity contribution < 1.29 is 0 Å². The molecule has 0 aromatic carbocycles. The lowest BCUT2D eigenvalue weighted by Gasteiger charge is -2.40. The van der Waals surface area contributed by atoms with Gasteiger partial charge in [-0.1, -0.05) is 17.4 Å². The van der Waals surface area contributed by atoms with Crippen molar-refractivity contribution in [2.75, 3.05) is 0 Å².